The van der Waals surface area contributed by atoms with Crippen LogP contribution in [0.2, 0.25) is 0 Å². The number of benzene rings is 1. The van der Waals surface area contributed by atoms with Gasteiger partial charge in [0.05, 0.1) is 0 Å². The van der Waals surface area contributed by atoms with Gasteiger partial charge < -0.3 is 5.32 Å². The van der Waals surface area contributed by atoms with Crippen LogP contribution in [0.3, 0.4) is 0 Å². The van der Waals surface area contributed by atoms with Crippen LogP contribution in [0.4, 0.5) is 8.78 Å². The second-order valence-corrected chi connectivity index (χ2v) is 3.09. The van der Waals surface area contributed by atoms with Crippen LogP contribution in [-0.2, 0) is 6.54 Å². The molecule has 1 rings (SSSR count). The molecule has 0 saturated carbocycles. The first-order chi connectivity index (χ1) is 7.24. The Morgan fingerprint density at radius 3 is 2.80 bits per heavy atom. The first kappa shape index (κ1) is 11.7. The second-order valence-electron chi connectivity index (χ2n) is 3.09. The number of nitrogens with one attached hydrogen (secondary N) is 1. The molecule has 0 heterocycles. The Hall–Kier alpha value is -1.40. The number of hydrogen-bond donors (Lipinski definition) is 1. The van der Waals surface area contributed by atoms with E-state index in [4.69, 9.17) is 0 Å². The molecule has 15 heavy (non-hydrogen) atoms. The lowest BCUT2D eigenvalue weighted by Gasteiger charge is -2.04. The molecule has 0 radical (unpaired) electrons. The van der Waals surface area contributed by atoms with Crippen molar-refractivity contribution >= 4 is 0 Å². The summed E-state index contributed by atoms with van der Waals surface area (Å²) in [6.07, 6.45) is 0.735. The zero-order valence-corrected chi connectivity index (χ0v) is 8.61. The Morgan fingerprint density at radius 2 is 2.13 bits per heavy atom. The first-order valence-corrected chi connectivity index (χ1v) is 4.78. The SMILES string of the molecule is CC#CCCNCc1ccc(F)cc1F. The molecule has 0 unspecified atom stereocenters. The molecule has 0 aliphatic carbocycles. The molecule has 0 amide bonds. The van der Waals surface area contributed by atoms with Gasteiger partial charge >= 0.3 is 0 Å². The van der Waals surface area contributed by atoms with Crippen LogP contribution >= 0.6 is 0 Å². The molecule has 80 valence electrons. The molecule has 0 fully saturated rings. The highest BCUT2D eigenvalue weighted by Crippen LogP contribution is 2.08. The summed E-state index contributed by atoms with van der Waals surface area (Å²) in [5, 5.41) is 3.03. The summed E-state index contributed by atoms with van der Waals surface area (Å²) in [4.78, 5) is 0. The smallest absolute Gasteiger partial charge is 0.130 e. The van der Waals surface area contributed by atoms with Crippen molar-refractivity contribution in [1.82, 2.24) is 5.32 Å². The van der Waals surface area contributed by atoms with E-state index in [1.807, 2.05) is 0 Å². The highest BCUT2D eigenvalue weighted by molar-refractivity contribution is 5.18. The third-order valence-corrected chi connectivity index (χ3v) is 1.93. The fraction of sp³-hybridized carbons (Fsp3) is 0.333. The fourth-order valence-corrected chi connectivity index (χ4v) is 1.16. The summed E-state index contributed by atoms with van der Waals surface area (Å²) in [5.41, 5.74) is 0.473. The lowest BCUT2D eigenvalue weighted by Crippen LogP contribution is -2.15. The summed E-state index contributed by atoms with van der Waals surface area (Å²) < 4.78 is 25.7. The summed E-state index contributed by atoms with van der Waals surface area (Å²) in [7, 11) is 0. The molecule has 0 saturated heterocycles. The molecule has 3 heteroatoms. The maximum Gasteiger partial charge on any atom is 0.130 e. The van der Waals surface area contributed by atoms with Crippen LogP contribution in [-0.4, -0.2) is 6.54 Å². The molecule has 0 aromatic heterocycles. The average molecular weight is 209 g/mol. The van der Waals surface area contributed by atoms with E-state index < -0.39 is 11.6 Å². The molecule has 1 N–H and O–H groups in total. The van der Waals surface area contributed by atoms with Gasteiger partial charge in [-0.15, -0.1) is 11.8 Å². The highest BCUT2D eigenvalue weighted by Gasteiger charge is 2.02. The van der Waals surface area contributed by atoms with Crippen molar-refractivity contribution in [3.05, 3.63) is 35.4 Å². The largest absolute Gasteiger partial charge is 0.312 e. The zero-order valence-electron chi connectivity index (χ0n) is 8.61. The molecule has 1 nitrogen and oxygen atoms in total. The van der Waals surface area contributed by atoms with Gasteiger partial charge in [0, 0.05) is 31.1 Å². The second kappa shape index (κ2) is 6.15. The highest BCUT2D eigenvalue weighted by atomic mass is 19.1. The van der Waals surface area contributed by atoms with Crippen molar-refractivity contribution in [2.45, 2.75) is 19.9 Å². The normalized spacial score (nSPS) is 9.53. The van der Waals surface area contributed by atoms with Crippen molar-refractivity contribution in [1.29, 1.82) is 0 Å². The monoisotopic (exact) mass is 209 g/mol. The Balaban J connectivity index is 2.39. The predicted molar refractivity (Wildman–Crippen MR) is 56.1 cm³/mol. The van der Waals surface area contributed by atoms with Crippen molar-refractivity contribution in [3.63, 3.8) is 0 Å². The average Bonchev–Trinajstić information content (AvgIpc) is 2.20. The first-order valence-electron chi connectivity index (χ1n) is 4.78. The van der Waals surface area contributed by atoms with E-state index in [2.05, 4.69) is 17.2 Å². The van der Waals surface area contributed by atoms with Crippen LogP contribution in [0.25, 0.3) is 0 Å². The van der Waals surface area contributed by atoms with Gasteiger partial charge in [-0.2, -0.15) is 0 Å². The van der Waals surface area contributed by atoms with Crippen LogP contribution in [0, 0.1) is 23.5 Å². The van der Waals surface area contributed by atoms with Crippen LogP contribution < -0.4 is 5.32 Å². The van der Waals surface area contributed by atoms with E-state index in [0.29, 0.717) is 18.7 Å². The molecular formula is C12H13F2N. The summed E-state index contributed by atoms with van der Waals surface area (Å²) >= 11 is 0. The minimum absolute atomic E-state index is 0.400. The van der Waals surface area contributed by atoms with Gasteiger partial charge in [-0.05, 0) is 13.0 Å². The van der Waals surface area contributed by atoms with E-state index in [-0.39, 0.29) is 0 Å². The Bertz CT molecular complexity index is 377. The minimum atomic E-state index is -0.548. The van der Waals surface area contributed by atoms with Gasteiger partial charge in [0.1, 0.15) is 11.6 Å². The Kier molecular flexibility index (Phi) is 4.79. The predicted octanol–water partition coefficient (Wildman–Crippen LogP) is 2.47. The van der Waals surface area contributed by atoms with E-state index in [9.17, 15) is 8.78 Å². The van der Waals surface area contributed by atoms with E-state index in [1.54, 1.807) is 6.92 Å². The molecule has 0 bridgehead atoms. The van der Waals surface area contributed by atoms with E-state index in [0.717, 1.165) is 12.5 Å². The molecule has 1 aromatic carbocycles. The maximum atomic E-state index is 13.1. The Morgan fingerprint density at radius 1 is 1.33 bits per heavy atom. The van der Waals surface area contributed by atoms with Gasteiger partial charge in [0.25, 0.3) is 0 Å². The number of hydrogen-bond acceptors (Lipinski definition) is 1. The number of halogens is 2. The summed E-state index contributed by atoms with van der Waals surface area (Å²) in [6.45, 7) is 2.88. The molecule has 0 aliphatic rings. The van der Waals surface area contributed by atoms with Gasteiger partial charge in [-0.3, -0.25) is 0 Å². The third kappa shape index (κ3) is 4.09. The zero-order chi connectivity index (χ0) is 11.1. The van der Waals surface area contributed by atoms with Crippen LogP contribution in [0.5, 0.6) is 0 Å². The van der Waals surface area contributed by atoms with Crippen molar-refractivity contribution in [2.24, 2.45) is 0 Å². The standard InChI is InChI=1S/C12H13F2N/c1-2-3-4-7-15-9-10-5-6-11(13)8-12(10)14/h5-6,8,15H,4,7,9H2,1H3. The van der Waals surface area contributed by atoms with Crippen LogP contribution in [0.15, 0.2) is 18.2 Å². The fourth-order valence-electron chi connectivity index (χ4n) is 1.16. The van der Waals surface area contributed by atoms with Crippen molar-refractivity contribution in [2.75, 3.05) is 6.54 Å². The van der Waals surface area contributed by atoms with E-state index >= 15 is 0 Å². The summed E-state index contributed by atoms with van der Waals surface area (Å²) in [6, 6.07) is 3.60. The molecule has 1 aromatic rings. The number of rotatable bonds is 4. The minimum Gasteiger partial charge on any atom is -0.312 e. The topological polar surface area (TPSA) is 12.0 Å². The quantitative estimate of drug-likeness (QED) is 0.593. The molecule has 0 atom stereocenters. The van der Waals surface area contributed by atoms with Gasteiger partial charge in [-0.25, -0.2) is 8.78 Å². The van der Waals surface area contributed by atoms with Gasteiger partial charge in [-0.1, -0.05) is 6.07 Å². The van der Waals surface area contributed by atoms with Gasteiger partial charge in [0.2, 0.25) is 0 Å². The van der Waals surface area contributed by atoms with Crippen molar-refractivity contribution < 1.29 is 8.78 Å². The lowest BCUT2D eigenvalue weighted by atomic mass is 10.2. The summed E-state index contributed by atoms with van der Waals surface area (Å²) in [5.74, 6) is 4.61. The molecule has 0 spiro atoms. The van der Waals surface area contributed by atoms with Gasteiger partial charge in [0.15, 0.2) is 0 Å². The Labute approximate surface area is 88.5 Å². The van der Waals surface area contributed by atoms with E-state index in [1.165, 1.54) is 12.1 Å². The lowest BCUT2D eigenvalue weighted by molar-refractivity contribution is 0.561. The molecular weight excluding hydrogens is 196 g/mol. The van der Waals surface area contributed by atoms with Crippen LogP contribution in [0.1, 0.15) is 18.9 Å². The third-order valence-electron chi connectivity index (χ3n) is 1.93. The molecule has 0 aliphatic heterocycles. The maximum absolute atomic E-state index is 13.1. The van der Waals surface area contributed by atoms with Crippen molar-refractivity contribution in [3.8, 4) is 11.8 Å².